The molecule has 3 rings (SSSR count). The third-order valence-electron chi connectivity index (χ3n) is 6.42. The summed E-state index contributed by atoms with van der Waals surface area (Å²) >= 11 is 0. The molecule has 1 aliphatic heterocycles. The number of hydrogen-bond donors (Lipinski definition) is 3. The smallest absolute Gasteiger partial charge is 0.221 e. The summed E-state index contributed by atoms with van der Waals surface area (Å²) in [6.45, 7) is 5.01. The minimum Gasteiger partial charge on any atom is -0.356 e. The predicted octanol–water partition coefficient (Wildman–Crippen LogP) is 3.66. The number of piperidine rings is 1. The third-order valence-corrected chi connectivity index (χ3v) is 6.42. The standard InChI is InChI=1S/C24H39N5O.HI/c1-19-17-22(14-16-29(19)18-20-9-5-3-6-10-20)28-24(25-2)26-15-13-23(30)27-21-11-7-4-8-12-21;/h3,5-6,9-10,19,21-22H,4,7-8,11-18H2,1-2H3,(H,27,30)(H2,25,26,28);1H. The number of likely N-dealkylation sites (tertiary alicyclic amines) is 1. The van der Waals surface area contributed by atoms with Crippen LogP contribution in [0.15, 0.2) is 35.3 Å². The van der Waals surface area contributed by atoms with Crippen LogP contribution in [0.2, 0.25) is 0 Å². The average molecular weight is 542 g/mol. The summed E-state index contributed by atoms with van der Waals surface area (Å²) < 4.78 is 0. The lowest BCUT2D eigenvalue weighted by atomic mass is 9.95. The Labute approximate surface area is 205 Å². The van der Waals surface area contributed by atoms with E-state index >= 15 is 0 Å². The Kier molecular flexibility index (Phi) is 11.6. The van der Waals surface area contributed by atoms with Crippen molar-refractivity contribution in [1.82, 2.24) is 20.9 Å². The monoisotopic (exact) mass is 541 g/mol. The Morgan fingerprint density at radius 2 is 1.81 bits per heavy atom. The van der Waals surface area contributed by atoms with E-state index in [4.69, 9.17) is 0 Å². The fraction of sp³-hybridized carbons (Fsp3) is 0.667. The summed E-state index contributed by atoms with van der Waals surface area (Å²) in [4.78, 5) is 19.1. The number of aliphatic imine (C=N–C) groups is 1. The van der Waals surface area contributed by atoms with Crippen LogP contribution in [0.5, 0.6) is 0 Å². The number of nitrogens with one attached hydrogen (secondary N) is 3. The highest BCUT2D eigenvalue weighted by Gasteiger charge is 2.26. The third kappa shape index (κ3) is 8.96. The predicted molar refractivity (Wildman–Crippen MR) is 139 cm³/mol. The van der Waals surface area contributed by atoms with Gasteiger partial charge in [0.25, 0.3) is 0 Å². The molecule has 1 amide bonds. The summed E-state index contributed by atoms with van der Waals surface area (Å²) in [5.74, 6) is 0.946. The first-order valence-corrected chi connectivity index (χ1v) is 11.7. The van der Waals surface area contributed by atoms with E-state index in [1.807, 2.05) is 0 Å². The van der Waals surface area contributed by atoms with Crippen molar-refractivity contribution in [2.75, 3.05) is 20.1 Å². The molecular formula is C24H40IN5O. The topological polar surface area (TPSA) is 68.8 Å². The van der Waals surface area contributed by atoms with Crippen LogP contribution < -0.4 is 16.0 Å². The van der Waals surface area contributed by atoms with Crippen LogP contribution >= 0.6 is 24.0 Å². The summed E-state index contributed by atoms with van der Waals surface area (Å²) in [7, 11) is 1.80. The van der Waals surface area contributed by atoms with E-state index in [2.05, 4.69) is 63.1 Å². The summed E-state index contributed by atoms with van der Waals surface area (Å²) in [5.41, 5.74) is 1.37. The minimum absolute atomic E-state index is 0. The zero-order valence-electron chi connectivity index (χ0n) is 19.1. The largest absolute Gasteiger partial charge is 0.356 e. The zero-order chi connectivity index (χ0) is 21.2. The van der Waals surface area contributed by atoms with Gasteiger partial charge in [-0.1, -0.05) is 49.6 Å². The van der Waals surface area contributed by atoms with Crippen molar-refractivity contribution in [2.24, 2.45) is 4.99 Å². The van der Waals surface area contributed by atoms with Crippen LogP contribution in [-0.2, 0) is 11.3 Å². The second kappa shape index (κ2) is 13.9. The normalized spacial score (nSPS) is 23.0. The number of rotatable bonds is 7. The number of benzene rings is 1. The van der Waals surface area contributed by atoms with Crippen LogP contribution in [0.4, 0.5) is 0 Å². The Balaban J connectivity index is 0.00000341. The molecule has 0 radical (unpaired) electrons. The Morgan fingerprint density at radius 3 is 2.48 bits per heavy atom. The van der Waals surface area contributed by atoms with Gasteiger partial charge in [-0.15, -0.1) is 24.0 Å². The summed E-state index contributed by atoms with van der Waals surface area (Å²) in [6.07, 6.45) is 8.72. The number of nitrogens with zero attached hydrogens (tertiary/aromatic N) is 2. The molecule has 2 atom stereocenters. The molecule has 1 saturated carbocycles. The first-order valence-electron chi connectivity index (χ1n) is 11.7. The molecule has 2 fully saturated rings. The number of carbonyl (C=O) groups is 1. The van der Waals surface area contributed by atoms with Crippen molar-refractivity contribution in [2.45, 2.75) is 83.0 Å². The van der Waals surface area contributed by atoms with Gasteiger partial charge in [0, 0.05) is 51.2 Å². The number of hydrogen-bond acceptors (Lipinski definition) is 3. The van der Waals surface area contributed by atoms with Crippen LogP contribution in [0.1, 0.15) is 63.9 Å². The molecule has 2 unspecified atom stereocenters. The molecule has 1 aliphatic carbocycles. The van der Waals surface area contributed by atoms with Crippen LogP contribution in [0.25, 0.3) is 0 Å². The van der Waals surface area contributed by atoms with Crippen LogP contribution in [0, 0.1) is 0 Å². The fourth-order valence-electron chi connectivity index (χ4n) is 4.63. The van der Waals surface area contributed by atoms with Gasteiger partial charge in [-0.25, -0.2) is 0 Å². The highest BCUT2D eigenvalue weighted by Crippen LogP contribution is 2.20. The van der Waals surface area contributed by atoms with Crippen LogP contribution in [0.3, 0.4) is 0 Å². The number of carbonyl (C=O) groups excluding carboxylic acids is 1. The lowest BCUT2D eigenvalue weighted by Gasteiger charge is -2.38. The van der Waals surface area contributed by atoms with Gasteiger partial charge in [0.15, 0.2) is 5.96 Å². The summed E-state index contributed by atoms with van der Waals surface area (Å²) in [5, 5.41) is 10.0. The number of halogens is 1. The highest BCUT2D eigenvalue weighted by molar-refractivity contribution is 14.0. The fourth-order valence-corrected chi connectivity index (χ4v) is 4.63. The molecule has 1 aromatic rings. The Hall–Kier alpha value is -1.35. The van der Waals surface area contributed by atoms with E-state index in [1.165, 1.54) is 24.8 Å². The van der Waals surface area contributed by atoms with E-state index < -0.39 is 0 Å². The van der Waals surface area contributed by atoms with Gasteiger partial charge in [-0.3, -0.25) is 14.7 Å². The van der Waals surface area contributed by atoms with E-state index in [0.717, 1.165) is 44.7 Å². The maximum atomic E-state index is 12.2. The van der Waals surface area contributed by atoms with Crippen molar-refractivity contribution in [1.29, 1.82) is 0 Å². The molecule has 0 aromatic heterocycles. The van der Waals surface area contributed by atoms with Gasteiger partial charge >= 0.3 is 0 Å². The lowest BCUT2D eigenvalue weighted by Crippen LogP contribution is -2.51. The SMILES string of the molecule is CN=C(NCCC(=O)NC1CCCCC1)NC1CCN(Cc2ccccc2)C(C)C1.I. The molecule has 1 aromatic carbocycles. The van der Waals surface area contributed by atoms with Crippen molar-refractivity contribution in [3.63, 3.8) is 0 Å². The Morgan fingerprint density at radius 1 is 1.06 bits per heavy atom. The van der Waals surface area contributed by atoms with Gasteiger partial charge in [0.2, 0.25) is 5.91 Å². The maximum Gasteiger partial charge on any atom is 0.221 e. The van der Waals surface area contributed by atoms with Gasteiger partial charge in [0.05, 0.1) is 0 Å². The van der Waals surface area contributed by atoms with E-state index in [1.54, 1.807) is 7.05 Å². The van der Waals surface area contributed by atoms with Crippen molar-refractivity contribution in [3.8, 4) is 0 Å². The number of amides is 1. The van der Waals surface area contributed by atoms with Crippen molar-refractivity contribution in [3.05, 3.63) is 35.9 Å². The molecule has 2 aliphatic rings. The average Bonchev–Trinajstić information content (AvgIpc) is 2.76. The quantitative estimate of drug-likeness (QED) is 0.280. The second-order valence-corrected chi connectivity index (χ2v) is 8.82. The molecule has 31 heavy (non-hydrogen) atoms. The molecule has 1 saturated heterocycles. The van der Waals surface area contributed by atoms with Gasteiger partial charge < -0.3 is 16.0 Å². The molecule has 0 spiro atoms. The van der Waals surface area contributed by atoms with Crippen molar-refractivity contribution >= 4 is 35.8 Å². The number of guanidine groups is 1. The lowest BCUT2D eigenvalue weighted by molar-refractivity contribution is -0.121. The van der Waals surface area contributed by atoms with Gasteiger partial charge in [-0.05, 0) is 38.2 Å². The van der Waals surface area contributed by atoms with E-state index in [0.29, 0.717) is 31.1 Å². The highest BCUT2D eigenvalue weighted by atomic mass is 127. The van der Waals surface area contributed by atoms with Gasteiger partial charge in [0.1, 0.15) is 0 Å². The molecule has 7 heteroatoms. The first kappa shape index (κ1) is 25.9. The molecule has 0 bridgehead atoms. The van der Waals surface area contributed by atoms with Gasteiger partial charge in [-0.2, -0.15) is 0 Å². The second-order valence-electron chi connectivity index (χ2n) is 8.82. The molecule has 3 N–H and O–H groups in total. The zero-order valence-corrected chi connectivity index (χ0v) is 21.4. The van der Waals surface area contributed by atoms with E-state index in [9.17, 15) is 4.79 Å². The maximum absolute atomic E-state index is 12.2. The van der Waals surface area contributed by atoms with Crippen molar-refractivity contribution < 1.29 is 4.79 Å². The molecule has 1 heterocycles. The molecule has 6 nitrogen and oxygen atoms in total. The first-order chi connectivity index (χ1) is 14.6. The van der Waals surface area contributed by atoms with Crippen LogP contribution in [-0.4, -0.2) is 55.0 Å². The molecular weight excluding hydrogens is 501 g/mol. The Bertz CT molecular complexity index is 678. The summed E-state index contributed by atoms with van der Waals surface area (Å²) in [6, 6.07) is 12.0. The molecule has 174 valence electrons. The minimum atomic E-state index is 0. The van der Waals surface area contributed by atoms with E-state index in [-0.39, 0.29) is 29.9 Å².